The summed E-state index contributed by atoms with van der Waals surface area (Å²) in [7, 11) is 0. The molecule has 5 nitrogen and oxygen atoms in total. The highest BCUT2D eigenvalue weighted by Gasteiger charge is 2.30. The quantitative estimate of drug-likeness (QED) is 0.774. The molecule has 1 saturated heterocycles. The molecule has 0 aromatic heterocycles. The predicted molar refractivity (Wildman–Crippen MR) is 67.6 cm³/mol. The van der Waals surface area contributed by atoms with Gasteiger partial charge in [-0.3, -0.25) is 4.79 Å². The first-order valence-electron chi connectivity index (χ1n) is 6.06. The highest BCUT2D eigenvalue weighted by Crippen LogP contribution is 2.21. The van der Waals surface area contributed by atoms with Crippen molar-refractivity contribution < 1.29 is 19.1 Å². The Morgan fingerprint density at radius 3 is 2.79 bits per heavy atom. The summed E-state index contributed by atoms with van der Waals surface area (Å²) in [5.41, 5.74) is -0.120. The smallest absolute Gasteiger partial charge is 0.337 e. The maximum Gasteiger partial charge on any atom is 0.337 e. The number of carboxylic acid groups (broad SMARTS) is 1. The zero-order chi connectivity index (χ0) is 14.0. The molecule has 2 unspecified atom stereocenters. The average Bonchev–Trinajstić information content (AvgIpc) is 2.77. The van der Waals surface area contributed by atoms with Gasteiger partial charge in [0.25, 0.3) is 0 Å². The Labute approximate surface area is 109 Å². The molecule has 0 aliphatic carbocycles. The molecule has 3 N–H and O–H groups in total. The number of anilines is 1. The fourth-order valence-corrected chi connectivity index (χ4v) is 2.24. The van der Waals surface area contributed by atoms with Gasteiger partial charge in [0.1, 0.15) is 5.82 Å². The molecule has 1 fully saturated rings. The van der Waals surface area contributed by atoms with Crippen molar-refractivity contribution in [2.24, 2.45) is 5.92 Å². The first-order valence-corrected chi connectivity index (χ1v) is 6.06. The minimum atomic E-state index is -1.27. The number of carboxylic acids is 1. The standard InChI is InChI=1S/C13H15FN2O3/c1-7-9(4-5-15-7)12(17)16-11-3-2-8(14)6-10(11)13(18)19/h2-3,6-7,9,15H,4-5H2,1H3,(H,16,17)(H,18,19). The fourth-order valence-electron chi connectivity index (χ4n) is 2.24. The van der Waals surface area contributed by atoms with E-state index in [0.717, 1.165) is 18.7 Å². The lowest BCUT2D eigenvalue weighted by Crippen LogP contribution is -2.32. The Morgan fingerprint density at radius 2 is 2.21 bits per heavy atom. The zero-order valence-corrected chi connectivity index (χ0v) is 10.4. The molecule has 1 amide bonds. The summed E-state index contributed by atoms with van der Waals surface area (Å²) in [5.74, 6) is -2.36. The minimum Gasteiger partial charge on any atom is -0.478 e. The third-order valence-corrected chi connectivity index (χ3v) is 3.33. The second kappa shape index (κ2) is 5.36. The van der Waals surface area contributed by atoms with E-state index in [4.69, 9.17) is 5.11 Å². The fraction of sp³-hybridized carbons (Fsp3) is 0.385. The van der Waals surface area contributed by atoms with Gasteiger partial charge in [0, 0.05) is 6.04 Å². The van der Waals surface area contributed by atoms with Crippen LogP contribution in [-0.4, -0.2) is 29.6 Å². The van der Waals surface area contributed by atoms with E-state index in [-0.39, 0.29) is 29.1 Å². The Hall–Kier alpha value is -1.95. The van der Waals surface area contributed by atoms with Gasteiger partial charge < -0.3 is 15.7 Å². The molecule has 6 heteroatoms. The molecular weight excluding hydrogens is 251 g/mol. The number of halogens is 1. The molecule has 0 bridgehead atoms. The van der Waals surface area contributed by atoms with Crippen molar-refractivity contribution in [1.29, 1.82) is 0 Å². The Balaban J connectivity index is 2.19. The summed E-state index contributed by atoms with van der Waals surface area (Å²) in [4.78, 5) is 23.1. The predicted octanol–water partition coefficient (Wildman–Crippen LogP) is 1.46. The van der Waals surface area contributed by atoms with Crippen LogP contribution in [0, 0.1) is 11.7 Å². The van der Waals surface area contributed by atoms with E-state index < -0.39 is 11.8 Å². The molecule has 1 aliphatic rings. The van der Waals surface area contributed by atoms with Gasteiger partial charge >= 0.3 is 5.97 Å². The highest BCUT2D eigenvalue weighted by atomic mass is 19.1. The van der Waals surface area contributed by atoms with Gasteiger partial charge in [-0.05, 0) is 38.1 Å². The summed E-state index contributed by atoms with van der Waals surface area (Å²) in [6.07, 6.45) is 0.705. The van der Waals surface area contributed by atoms with E-state index in [1.807, 2.05) is 6.92 Å². The molecule has 0 spiro atoms. The van der Waals surface area contributed by atoms with Crippen LogP contribution < -0.4 is 10.6 Å². The molecule has 0 saturated carbocycles. The largest absolute Gasteiger partial charge is 0.478 e. The molecule has 102 valence electrons. The number of nitrogens with one attached hydrogen (secondary N) is 2. The van der Waals surface area contributed by atoms with Gasteiger partial charge in [0.15, 0.2) is 0 Å². The number of carbonyl (C=O) groups excluding carboxylic acids is 1. The van der Waals surface area contributed by atoms with Crippen molar-refractivity contribution in [1.82, 2.24) is 5.32 Å². The van der Waals surface area contributed by atoms with Crippen LogP contribution in [0.2, 0.25) is 0 Å². The third kappa shape index (κ3) is 2.90. The second-order valence-electron chi connectivity index (χ2n) is 4.62. The SMILES string of the molecule is CC1NCCC1C(=O)Nc1ccc(F)cc1C(=O)O. The van der Waals surface area contributed by atoms with Crippen LogP contribution in [0.5, 0.6) is 0 Å². The van der Waals surface area contributed by atoms with Gasteiger partial charge in [-0.2, -0.15) is 0 Å². The van der Waals surface area contributed by atoms with Crippen LogP contribution in [0.25, 0.3) is 0 Å². The highest BCUT2D eigenvalue weighted by molar-refractivity contribution is 6.01. The lowest BCUT2D eigenvalue weighted by molar-refractivity contribution is -0.120. The van der Waals surface area contributed by atoms with Crippen LogP contribution >= 0.6 is 0 Å². The normalized spacial score (nSPS) is 22.2. The lowest BCUT2D eigenvalue weighted by Gasteiger charge is -2.16. The van der Waals surface area contributed by atoms with Gasteiger partial charge in [0.2, 0.25) is 5.91 Å². The number of hydrogen-bond acceptors (Lipinski definition) is 3. The molecule has 1 aliphatic heterocycles. The van der Waals surface area contributed by atoms with E-state index in [2.05, 4.69) is 10.6 Å². The van der Waals surface area contributed by atoms with E-state index in [1.54, 1.807) is 0 Å². The number of carbonyl (C=O) groups is 2. The second-order valence-corrected chi connectivity index (χ2v) is 4.62. The molecule has 1 heterocycles. The van der Waals surface area contributed by atoms with Crippen molar-refractivity contribution in [3.63, 3.8) is 0 Å². The molecule has 19 heavy (non-hydrogen) atoms. The molecule has 2 rings (SSSR count). The molecular formula is C13H15FN2O3. The van der Waals surface area contributed by atoms with Crippen LogP contribution in [-0.2, 0) is 4.79 Å². The summed E-state index contributed by atoms with van der Waals surface area (Å²) >= 11 is 0. The van der Waals surface area contributed by atoms with Crippen molar-refractivity contribution in [3.8, 4) is 0 Å². The van der Waals surface area contributed by atoms with E-state index in [0.29, 0.717) is 6.42 Å². The number of rotatable bonds is 3. The van der Waals surface area contributed by atoms with Gasteiger partial charge in [-0.15, -0.1) is 0 Å². The average molecular weight is 266 g/mol. The molecule has 1 aromatic rings. The Kier molecular flexibility index (Phi) is 3.80. The Bertz CT molecular complexity index is 519. The number of benzene rings is 1. The van der Waals surface area contributed by atoms with Crippen molar-refractivity contribution in [2.45, 2.75) is 19.4 Å². The lowest BCUT2D eigenvalue weighted by atomic mass is 10.0. The molecule has 1 aromatic carbocycles. The van der Waals surface area contributed by atoms with Crippen molar-refractivity contribution >= 4 is 17.6 Å². The zero-order valence-electron chi connectivity index (χ0n) is 10.4. The summed E-state index contributed by atoms with van der Waals surface area (Å²) in [5, 5.41) is 14.7. The van der Waals surface area contributed by atoms with Gasteiger partial charge in [0.05, 0.1) is 17.2 Å². The summed E-state index contributed by atoms with van der Waals surface area (Å²) < 4.78 is 13.0. The Morgan fingerprint density at radius 1 is 1.47 bits per heavy atom. The van der Waals surface area contributed by atoms with E-state index >= 15 is 0 Å². The maximum atomic E-state index is 13.0. The van der Waals surface area contributed by atoms with Crippen LogP contribution in [0.15, 0.2) is 18.2 Å². The van der Waals surface area contributed by atoms with E-state index in [1.165, 1.54) is 6.07 Å². The first-order chi connectivity index (χ1) is 8.99. The van der Waals surface area contributed by atoms with Crippen LogP contribution in [0.1, 0.15) is 23.7 Å². The van der Waals surface area contributed by atoms with Crippen molar-refractivity contribution in [2.75, 3.05) is 11.9 Å². The molecule has 2 atom stereocenters. The van der Waals surface area contributed by atoms with Crippen LogP contribution in [0.3, 0.4) is 0 Å². The first kappa shape index (κ1) is 13.5. The van der Waals surface area contributed by atoms with E-state index in [9.17, 15) is 14.0 Å². The topological polar surface area (TPSA) is 78.4 Å². The number of aromatic carboxylic acids is 1. The summed E-state index contributed by atoms with van der Waals surface area (Å²) in [6.45, 7) is 2.66. The summed E-state index contributed by atoms with van der Waals surface area (Å²) in [6, 6.07) is 3.34. The maximum absolute atomic E-state index is 13.0. The minimum absolute atomic E-state index is 0.0497. The van der Waals surface area contributed by atoms with Gasteiger partial charge in [-0.1, -0.05) is 0 Å². The third-order valence-electron chi connectivity index (χ3n) is 3.33. The van der Waals surface area contributed by atoms with Gasteiger partial charge in [-0.25, -0.2) is 9.18 Å². The number of amides is 1. The van der Waals surface area contributed by atoms with Crippen molar-refractivity contribution in [3.05, 3.63) is 29.6 Å². The monoisotopic (exact) mass is 266 g/mol. The van der Waals surface area contributed by atoms with Crippen LogP contribution in [0.4, 0.5) is 10.1 Å². The number of hydrogen-bond donors (Lipinski definition) is 3. The molecule has 0 radical (unpaired) electrons.